The maximum Gasteiger partial charge on any atom is 0.168 e. The molecule has 92 valence electrons. The van der Waals surface area contributed by atoms with Gasteiger partial charge >= 0.3 is 0 Å². The number of carbonyl (C=O) groups excluding carboxylic acids is 1. The highest BCUT2D eigenvalue weighted by Gasteiger charge is 2.21. The minimum Gasteiger partial charge on any atom is -0.360 e. The van der Waals surface area contributed by atoms with Crippen molar-refractivity contribution in [1.82, 2.24) is 4.98 Å². The number of H-pyrrole nitrogens is 1. The third kappa shape index (κ3) is 1.91. The first-order valence-electron chi connectivity index (χ1n) is 6.27. The first kappa shape index (κ1) is 12.4. The van der Waals surface area contributed by atoms with E-state index in [2.05, 4.69) is 11.1 Å². The number of hydrogen-bond acceptors (Lipinski definition) is 2. The summed E-state index contributed by atoms with van der Waals surface area (Å²) in [6.07, 6.45) is 3.39. The molecule has 0 bridgehead atoms. The van der Waals surface area contributed by atoms with E-state index in [1.807, 2.05) is 26.0 Å². The van der Waals surface area contributed by atoms with E-state index in [0.717, 1.165) is 23.7 Å². The van der Waals surface area contributed by atoms with Crippen LogP contribution in [-0.2, 0) is 0 Å². The smallest absolute Gasteiger partial charge is 0.168 e. The van der Waals surface area contributed by atoms with Gasteiger partial charge in [-0.2, -0.15) is 5.26 Å². The lowest BCUT2D eigenvalue weighted by Gasteiger charge is -2.10. The second kappa shape index (κ2) is 5.05. The number of nitrogens with one attached hydrogen (secondary N) is 1. The lowest BCUT2D eigenvalue weighted by Crippen LogP contribution is -2.12. The summed E-state index contributed by atoms with van der Waals surface area (Å²) in [5.41, 5.74) is 2.06. The van der Waals surface area contributed by atoms with Gasteiger partial charge in [0, 0.05) is 28.6 Å². The highest BCUT2D eigenvalue weighted by molar-refractivity contribution is 6.10. The summed E-state index contributed by atoms with van der Waals surface area (Å²) in [5.74, 6) is 0.171. The van der Waals surface area contributed by atoms with E-state index in [1.54, 1.807) is 12.3 Å². The molecule has 1 heterocycles. The van der Waals surface area contributed by atoms with Crippen molar-refractivity contribution in [1.29, 1.82) is 5.26 Å². The number of fused-ring (bicyclic) bond motifs is 1. The van der Waals surface area contributed by atoms with E-state index in [4.69, 9.17) is 5.26 Å². The zero-order valence-corrected chi connectivity index (χ0v) is 10.7. The second-order valence-corrected chi connectivity index (χ2v) is 4.42. The lowest BCUT2D eigenvalue weighted by molar-refractivity contribution is 0.0915. The van der Waals surface area contributed by atoms with Crippen LogP contribution in [0.5, 0.6) is 0 Å². The van der Waals surface area contributed by atoms with Gasteiger partial charge in [0.1, 0.15) is 0 Å². The molecule has 1 N–H and O–H groups in total. The Bertz CT molecular complexity index is 615. The number of nitriles is 1. The fourth-order valence-corrected chi connectivity index (χ4v) is 2.35. The molecular weight excluding hydrogens is 224 g/mol. The van der Waals surface area contributed by atoms with Gasteiger partial charge in [0.15, 0.2) is 5.78 Å². The Kier molecular flexibility index (Phi) is 3.47. The second-order valence-electron chi connectivity index (χ2n) is 4.42. The highest BCUT2D eigenvalue weighted by atomic mass is 16.1. The summed E-state index contributed by atoms with van der Waals surface area (Å²) in [7, 11) is 0. The number of aromatic amines is 1. The van der Waals surface area contributed by atoms with Crippen LogP contribution in [0.15, 0.2) is 24.4 Å². The molecule has 2 aromatic rings. The summed E-state index contributed by atoms with van der Waals surface area (Å²) >= 11 is 0. The summed E-state index contributed by atoms with van der Waals surface area (Å²) in [5, 5.41) is 9.90. The minimum atomic E-state index is 0.0377. The molecule has 0 atom stereocenters. The van der Waals surface area contributed by atoms with Crippen molar-refractivity contribution in [3.05, 3.63) is 35.5 Å². The fraction of sp³-hybridized carbons (Fsp3) is 0.333. The van der Waals surface area contributed by atoms with Crippen LogP contribution in [0.1, 0.15) is 42.6 Å². The largest absolute Gasteiger partial charge is 0.360 e. The average Bonchev–Trinajstić information content (AvgIpc) is 2.83. The first-order valence-corrected chi connectivity index (χ1v) is 6.27. The molecule has 18 heavy (non-hydrogen) atoms. The van der Waals surface area contributed by atoms with Crippen LogP contribution in [0, 0.1) is 17.2 Å². The molecule has 3 nitrogen and oxygen atoms in total. The number of aromatic nitrogens is 1. The van der Waals surface area contributed by atoms with Gasteiger partial charge in [-0.05, 0) is 25.0 Å². The van der Waals surface area contributed by atoms with Crippen molar-refractivity contribution >= 4 is 16.7 Å². The highest BCUT2D eigenvalue weighted by Crippen LogP contribution is 2.26. The van der Waals surface area contributed by atoms with Gasteiger partial charge in [-0.3, -0.25) is 4.79 Å². The Hall–Kier alpha value is -2.08. The van der Waals surface area contributed by atoms with Crippen molar-refractivity contribution in [2.45, 2.75) is 26.7 Å². The molecule has 0 aliphatic heterocycles. The third-order valence-electron chi connectivity index (χ3n) is 3.45. The van der Waals surface area contributed by atoms with E-state index in [-0.39, 0.29) is 11.7 Å². The van der Waals surface area contributed by atoms with Crippen molar-refractivity contribution in [2.24, 2.45) is 5.92 Å². The molecule has 0 radical (unpaired) electrons. The first-order chi connectivity index (χ1) is 8.72. The van der Waals surface area contributed by atoms with Crippen LogP contribution < -0.4 is 0 Å². The van der Waals surface area contributed by atoms with E-state index in [1.165, 1.54) is 0 Å². The number of carbonyl (C=O) groups is 1. The lowest BCUT2D eigenvalue weighted by atomic mass is 9.92. The Labute approximate surface area is 106 Å². The van der Waals surface area contributed by atoms with E-state index in [9.17, 15) is 4.79 Å². The number of hydrogen-bond donors (Lipinski definition) is 1. The standard InChI is InChI=1S/C15H16N2O/c1-3-10(4-2)15(18)12-9-17-13-7-5-6-11(8-16)14(12)13/h5-7,9-10,17H,3-4H2,1-2H3. The molecular formula is C15H16N2O. The van der Waals surface area contributed by atoms with Crippen molar-refractivity contribution < 1.29 is 4.79 Å². The monoisotopic (exact) mass is 240 g/mol. The molecule has 0 saturated heterocycles. The van der Waals surface area contributed by atoms with Gasteiger partial charge in [0.2, 0.25) is 0 Å². The van der Waals surface area contributed by atoms with Gasteiger partial charge in [0.05, 0.1) is 11.6 Å². The summed E-state index contributed by atoms with van der Waals surface area (Å²) in [4.78, 5) is 15.5. The van der Waals surface area contributed by atoms with E-state index < -0.39 is 0 Å². The molecule has 0 amide bonds. The van der Waals surface area contributed by atoms with E-state index >= 15 is 0 Å². The number of rotatable bonds is 4. The molecule has 0 aliphatic rings. The molecule has 3 heteroatoms. The van der Waals surface area contributed by atoms with Gasteiger partial charge in [-0.15, -0.1) is 0 Å². The summed E-state index contributed by atoms with van der Waals surface area (Å²) in [6.45, 7) is 4.04. The third-order valence-corrected chi connectivity index (χ3v) is 3.45. The molecule has 0 unspecified atom stereocenters. The average molecular weight is 240 g/mol. The van der Waals surface area contributed by atoms with Crippen molar-refractivity contribution in [3.8, 4) is 6.07 Å². The normalized spacial score (nSPS) is 10.8. The summed E-state index contributed by atoms with van der Waals surface area (Å²) in [6, 6.07) is 7.61. The summed E-state index contributed by atoms with van der Waals surface area (Å²) < 4.78 is 0. The molecule has 0 spiro atoms. The van der Waals surface area contributed by atoms with E-state index in [0.29, 0.717) is 11.1 Å². The van der Waals surface area contributed by atoms with Crippen LogP contribution >= 0.6 is 0 Å². The molecule has 1 aromatic carbocycles. The topological polar surface area (TPSA) is 56.6 Å². The molecule has 2 rings (SSSR count). The zero-order chi connectivity index (χ0) is 13.1. The molecule has 0 fully saturated rings. The molecule has 0 aliphatic carbocycles. The number of nitrogens with zero attached hydrogens (tertiary/aromatic N) is 1. The Morgan fingerprint density at radius 1 is 1.39 bits per heavy atom. The number of benzene rings is 1. The van der Waals surface area contributed by atoms with Crippen LogP contribution in [0.25, 0.3) is 10.9 Å². The SMILES string of the molecule is CCC(CC)C(=O)c1c[nH]c2cccc(C#N)c12. The Balaban J connectivity index is 2.59. The molecule has 0 saturated carbocycles. The van der Waals surface area contributed by atoms with Gasteiger partial charge in [-0.1, -0.05) is 19.9 Å². The molecule has 1 aromatic heterocycles. The number of Topliss-reactive ketones (excluding diaryl/α,β-unsaturated/α-hetero) is 1. The predicted molar refractivity (Wildman–Crippen MR) is 71.4 cm³/mol. The van der Waals surface area contributed by atoms with Gasteiger partial charge in [-0.25, -0.2) is 0 Å². The number of ketones is 1. The Morgan fingerprint density at radius 3 is 2.72 bits per heavy atom. The Morgan fingerprint density at radius 2 is 2.11 bits per heavy atom. The fourth-order valence-electron chi connectivity index (χ4n) is 2.35. The maximum absolute atomic E-state index is 12.4. The maximum atomic E-state index is 12.4. The predicted octanol–water partition coefficient (Wildman–Crippen LogP) is 3.66. The minimum absolute atomic E-state index is 0.0377. The van der Waals surface area contributed by atoms with Crippen LogP contribution in [0.4, 0.5) is 0 Å². The van der Waals surface area contributed by atoms with Crippen LogP contribution in [0.3, 0.4) is 0 Å². The van der Waals surface area contributed by atoms with Crippen LogP contribution in [-0.4, -0.2) is 10.8 Å². The van der Waals surface area contributed by atoms with Crippen LogP contribution in [0.2, 0.25) is 0 Å². The van der Waals surface area contributed by atoms with Gasteiger partial charge in [0.25, 0.3) is 0 Å². The van der Waals surface area contributed by atoms with Crippen molar-refractivity contribution in [2.75, 3.05) is 0 Å². The quantitative estimate of drug-likeness (QED) is 0.829. The van der Waals surface area contributed by atoms with Crippen molar-refractivity contribution in [3.63, 3.8) is 0 Å². The van der Waals surface area contributed by atoms with Gasteiger partial charge < -0.3 is 4.98 Å². The zero-order valence-electron chi connectivity index (χ0n) is 10.7.